The van der Waals surface area contributed by atoms with Gasteiger partial charge in [0.25, 0.3) is 5.91 Å². The first-order valence-corrected chi connectivity index (χ1v) is 7.17. The van der Waals surface area contributed by atoms with Gasteiger partial charge in [-0.05, 0) is 37.4 Å². The number of carbonyl (C=O) groups excluding carboxylic acids is 1. The molecule has 3 N–H and O–H groups in total. The number of rotatable bonds is 5. The van der Waals surface area contributed by atoms with Gasteiger partial charge in [0.2, 0.25) is 0 Å². The molecule has 1 aromatic rings. The number of carbonyl (C=O) groups is 1. The zero-order chi connectivity index (χ0) is 15.2. The molecule has 4 nitrogen and oxygen atoms in total. The lowest BCUT2D eigenvalue weighted by molar-refractivity contribution is -0.124. The molecule has 124 valence electrons. The molecule has 2 rings (SSSR count). The largest absolute Gasteiger partial charge is 0.481 e. The average molecular weight is 335 g/mol. The van der Waals surface area contributed by atoms with Gasteiger partial charge in [0, 0.05) is 12.1 Å². The van der Waals surface area contributed by atoms with E-state index in [-0.39, 0.29) is 42.6 Å². The first-order valence-electron chi connectivity index (χ1n) is 7.17. The minimum Gasteiger partial charge on any atom is -0.481 e. The summed E-state index contributed by atoms with van der Waals surface area (Å²) in [5.74, 6) is -1.67. The van der Waals surface area contributed by atoms with Crippen molar-refractivity contribution in [3.05, 3.63) is 29.8 Å². The topological polar surface area (TPSA) is 64.3 Å². The molecule has 0 bridgehead atoms. The molecular weight excluding hydrogens is 314 g/mol. The normalized spacial score (nSPS) is 20.9. The molecule has 1 fully saturated rings. The molecule has 0 saturated heterocycles. The third-order valence-electron chi connectivity index (χ3n) is 3.81. The summed E-state index contributed by atoms with van der Waals surface area (Å²) < 4.78 is 31.2. The predicted octanol–water partition coefficient (Wildman–Crippen LogP) is 2.40. The van der Waals surface area contributed by atoms with Crippen LogP contribution in [-0.4, -0.2) is 25.1 Å². The van der Waals surface area contributed by atoms with Gasteiger partial charge in [-0.2, -0.15) is 0 Å². The summed E-state index contributed by atoms with van der Waals surface area (Å²) >= 11 is 0. The van der Waals surface area contributed by atoms with Crippen LogP contribution in [0.4, 0.5) is 8.78 Å². The van der Waals surface area contributed by atoms with Gasteiger partial charge in [-0.25, -0.2) is 8.78 Å². The molecule has 1 aromatic carbocycles. The Hall–Kier alpha value is -1.40. The third-order valence-corrected chi connectivity index (χ3v) is 3.81. The van der Waals surface area contributed by atoms with Gasteiger partial charge in [-0.1, -0.05) is 12.8 Å². The van der Waals surface area contributed by atoms with E-state index in [1.54, 1.807) is 0 Å². The molecule has 1 aliphatic carbocycles. The second kappa shape index (κ2) is 8.90. The summed E-state index contributed by atoms with van der Waals surface area (Å²) in [5.41, 5.74) is 5.70. The van der Waals surface area contributed by atoms with Crippen LogP contribution in [0.15, 0.2) is 18.2 Å². The summed E-state index contributed by atoms with van der Waals surface area (Å²) in [6, 6.07) is 3.03. The number of halogens is 3. The smallest absolute Gasteiger partial charge is 0.258 e. The van der Waals surface area contributed by atoms with Crippen LogP contribution in [0.5, 0.6) is 5.75 Å². The van der Waals surface area contributed by atoms with Crippen molar-refractivity contribution in [3.63, 3.8) is 0 Å². The highest BCUT2D eigenvalue weighted by atomic mass is 35.5. The van der Waals surface area contributed by atoms with E-state index in [2.05, 4.69) is 5.32 Å². The fraction of sp³-hybridized carbons (Fsp3) is 0.533. The van der Waals surface area contributed by atoms with Crippen molar-refractivity contribution in [1.29, 1.82) is 0 Å². The third kappa shape index (κ3) is 5.10. The molecule has 1 aliphatic rings. The Labute approximate surface area is 134 Å². The number of hydrogen-bond acceptors (Lipinski definition) is 3. The quantitative estimate of drug-likeness (QED) is 0.869. The minimum absolute atomic E-state index is 0. The summed E-state index contributed by atoms with van der Waals surface area (Å²) in [5, 5.41) is 2.88. The van der Waals surface area contributed by atoms with Gasteiger partial charge in [-0.3, -0.25) is 4.79 Å². The number of nitrogens with one attached hydrogen (secondary N) is 1. The maximum atomic E-state index is 13.4. The number of benzene rings is 1. The molecule has 1 amide bonds. The molecule has 0 aliphatic heterocycles. The maximum absolute atomic E-state index is 13.4. The van der Waals surface area contributed by atoms with Crippen LogP contribution < -0.4 is 15.8 Å². The standard InChI is InChI=1S/C15H20F2N2O2.ClH/c16-11-5-6-14(12(17)7-11)21-9-15(20)19-13-4-2-1-3-10(13)8-18;/h5-7,10,13H,1-4,8-9,18H2,(H,19,20);1H. The van der Waals surface area contributed by atoms with Crippen molar-refractivity contribution in [2.24, 2.45) is 11.7 Å². The van der Waals surface area contributed by atoms with Gasteiger partial charge in [-0.15, -0.1) is 12.4 Å². The van der Waals surface area contributed by atoms with Crippen molar-refractivity contribution in [2.45, 2.75) is 31.7 Å². The van der Waals surface area contributed by atoms with Crippen molar-refractivity contribution >= 4 is 18.3 Å². The van der Waals surface area contributed by atoms with Crippen molar-refractivity contribution < 1.29 is 18.3 Å². The molecular formula is C15H21ClF2N2O2. The van der Waals surface area contributed by atoms with E-state index in [0.717, 1.165) is 37.8 Å². The highest BCUT2D eigenvalue weighted by Gasteiger charge is 2.25. The Morgan fingerprint density at radius 1 is 1.32 bits per heavy atom. The first-order chi connectivity index (χ1) is 10.1. The lowest BCUT2D eigenvalue weighted by Crippen LogP contribution is -2.46. The van der Waals surface area contributed by atoms with Gasteiger partial charge in [0.15, 0.2) is 18.2 Å². The Bertz CT molecular complexity index is 502. The van der Waals surface area contributed by atoms with E-state index < -0.39 is 11.6 Å². The van der Waals surface area contributed by atoms with Crippen LogP contribution in [0, 0.1) is 17.6 Å². The number of hydrogen-bond donors (Lipinski definition) is 2. The molecule has 2 unspecified atom stereocenters. The van der Waals surface area contributed by atoms with Crippen molar-refractivity contribution in [2.75, 3.05) is 13.2 Å². The van der Waals surface area contributed by atoms with Crippen LogP contribution >= 0.6 is 12.4 Å². The van der Waals surface area contributed by atoms with E-state index in [4.69, 9.17) is 10.5 Å². The Morgan fingerprint density at radius 3 is 2.73 bits per heavy atom. The lowest BCUT2D eigenvalue weighted by atomic mass is 9.84. The van der Waals surface area contributed by atoms with Gasteiger partial charge in [0.1, 0.15) is 5.82 Å². The molecule has 7 heteroatoms. The van der Waals surface area contributed by atoms with Gasteiger partial charge in [0.05, 0.1) is 0 Å². The zero-order valence-corrected chi connectivity index (χ0v) is 13.0. The second-order valence-corrected chi connectivity index (χ2v) is 5.32. The van der Waals surface area contributed by atoms with E-state index in [1.807, 2.05) is 0 Å². The predicted molar refractivity (Wildman–Crippen MR) is 82.0 cm³/mol. The van der Waals surface area contributed by atoms with E-state index >= 15 is 0 Å². The van der Waals surface area contributed by atoms with E-state index in [9.17, 15) is 13.6 Å². The molecule has 0 heterocycles. The lowest BCUT2D eigenvalue weighted by Gasteiger charge is -2.31. The van der Waals surface area contributed by atoms with Crippen LogP contribution in [0.1, 0.15) is 25.7 Å². The molecule has 0 aromatic heterocycles. The highest BCUT2D eigenvalue weighted by Crippen LogP contribution is 2.23. The monoisotopic (exact) mass is 334 g/mol. The highest BCUT2D eigenvalue weighted by molar-refractivity contribution is 5.85. The minimum atomic E-state index is -0.819. The van der Waals surface area contributed by atoms with Crippen LogP contribution in [-0.2, 0) is 4.79 Å². The molecule has 0 spiro atoms. The Morgan fingerprint density at radius 2 is 2.05 bits per heavy atom. The van der Waals surface area contributed by atoms with Crippen molar-refractivity contribution in [1.82, 2.24) is 5.32 Å². The van der Waals surface area contributed by atoms with E-state index in [0.29, 0.717) is 6.54 Å². The fourth-order valence-corrected chi connectivity index (χ4v) is 2.66. The summed E-state index contributed by atoms with van der Waals surface area (Å²) in [7, 11) is 0. The SMILES string of the molecule is Cl.NCC1CCCCC1NC(=O)COc1ccc(F)cc1F. The van der Waals surface area contributed by atoms with E-state index in [1.165, 1.54) is 6.07 Å². The zero-order valence-electron chi connectivity index (χ0n) is 12.2. The van der Waals surface area contributed by atoms with Crippen LogP contribution in [0.3, 0.4) is 0 Å². The summed E-state index contributed by atoms with van der Waals surface area (Å²) in [4.78, 5) is 11.9. The molecule has 22 heavy (non-hydrogen) atoms. The molecule has 2 atom stereocenters. The second-order valence-electron chi connectivity index (χ2n) is 5.32. The first kappa shape index (κ1) is 18.6. The molecule has 1 saturated carbocycles. The Balaban J connectivity index is 0.00000242. The summed E-state index contributed by atoms with van der Waals surface area (Å²) in [6.45, 7) is 0.245. The maximum Gasteiger partial charge on any atom is 0.258 e. The van der Waals surface area contributed by atoms with Gasteiger partial charge >= 0.3 is 0 Å². The van der Waals surface area contributed by atoms with Crippen LogP contribution in [0.25, 0.3) is 0 Å². The van der Waals surface area contributed by atoms with Crippen LogP contribution in [0.2, 0.25) is 0 Å². The number of nitrogens with two attached hydrogens (primary N) is 1. The average Bonchev–Trinajstić information content (AvgIpc) is 2.47. The number of amides is 1. The number of ether oxygens (including phenoxy) is 1. The van der Waals surface area contributed by atoms with Gasteiger partial charge < -0.3 is 15.8 Å². The van der Waals surface area contributed by atoms with Crippen molar-refractivity contribution in [3.8, 4) is 5.75 Å². The fourth-order valence-electron chi connectivity index (χ4n) is 2.66. The Kier molecular flexibility index (Phi) is 7.55. The molecule has 0 radical (unpaired) electrons. The summed E-state index contributed by atoms with van der Waals surface area (Å²) in [6.07, 6.45) is 4.10.